The Hall–Kier alpha value is -2.01. The van der Waals surface area contributed by atoms with E-state index in [1.54, 1.807) is 23.5 Å². The van der Waals surface area contributed by atoms with Gasteiger partial charge in [0.2, 0.25) is 0 Å². The first-order chi connectivity index (χ1) is 10.2. The van der Waals surface area contributed by atoms with Crippen molar-refractivity contribution >= 4 is 27.4 Å². The third-order valence-electron chi connectivity index (χ3n) is 3.25. The summed E-state index contributed by atoms with van der Waals surface area (Å²) >= 11 is 1.68. The van der Waals surface area contributed by atoms with E-state index >= 15 is 0 Å². The summed E-state index contributed by atoms with van der Waals surface area (Å²) in [7, 11) is 0. The molecule has 0 spiro atoms. The molecule has 0 fully saturated rings. The van der Waals surface area contributed by atoms with E-state index in [9.17, 15) is 4.39 Å². The molecule has 0 amide bonds. The van der Waals surface area contributed by atoms with Gasteiger partial charge in [-0.1, -0.05) is 19.1 Å². The lowest BCUT2D eigenvalue weighted by atomic mass is 10.2. The van der Waals surface area contributed by atoms with Crippen molar-refractivity contribution in [3.8, 4) is 0 Å². The van der Waals surface area contributed by atoms with Crippen molar-refractivity contribution < 1.29 is 4.39 Å². The number of fused-ring (bicyclic) bond motifs is 1. The normalized spacial score (nSPS) is 11.0. The molecule has 3 aromatic rings. The third-order valence-corrected chi connectivity index (χ3v) is 4.20. The van der Waals surface area contributed by atoms with Crippen molar-refractivity contribution in [3.63, 3.8) is 0 Å². The van der Waals surface area contributed by atoms with Crippen molar-refractivity contribution in [2.75, 3.05) is 5.32 Å². The van der Waals surface area contributed by atoms with E-state index in [1.165, 1.54) is 17.0 Å². The van der Waals surface area contributed by atoms with Crippen LogP contribution in [-0.4, -0.2) is 9.97 Å². The predicted octanol–water partition coefficient (Wildman–Crippen LogP) is 4.31. The third kappa shape index (κ3) is 3.03. The Morgan fingerprint density at radius 3 is 2.67 bits per heavy atom. The van der Waals surface area contributed by atoms with E-state index in [4.69, 9.17) is 0 Å². The van der Waals surface area contributed by atoms with Crippen LogP contribution in [0.15, 0.2) is 30.3 Å². The Labute approximate surface area is 126 Å². The second-order valence-corrected chi connectivity index (χ2v) is 6.13. The van der Waals surface area contributed by atoms with Gasteiger partial charge in [-0.15, -0.1) is 11.3 Å². The van der Waals surface area contributed by atoms with Crippen LogP contribution in [0, 0.1) is 12.7 Å². The summed E-state index contributed by atoms with van der Waals surface area (Å²) in [5.41, 5.74) is 1.02. The van der Waals surface area contributed by atoms with Crippen molar-refractivity contribution in [1.29, 1.82) is 0 Å². The highest BCUT2D eigenvalue weighted by atomic mass is 32.1. The number of rotatable bonds is 4. The van der Waals surface area contributed by atoms with Crippen LogP contribution in [-0.2, 0) is 13.0 Å². The van der Waals surface area contributed by atoms with Gasteiger partial charge in [0.25, 0.3) is 0 Å². The predicted molar refractivity (Wildman–Crippen MR) is 85.3 cm³/mol. The lowest BCUT2D eigenvalue weighted by Gasteiger charge is -2.08. The smallest absolute Gasteiger partial charge is 0.138 e. The van der Waals surface area contributed by atoms with Gasteiger partial charge in [0.1, 0.15) is 22.3 Å². The number of nitrogens with zero attached hydrogens (tertiary/aromatic N) is 2. The summed E-state index contributed by atoms with van der Waals surface area (Å²) in [6.07, 6.45) is 0.804. The first-order valence-corrected chi connectivity index (χ1v) is 7.72. The molecule has 5 heteroatoms. The molecule has 0 aliphatic heterocycles. The molecule has 2 heterocycles. The minimum atomic E-state index is -0.218. The van der Waals surface area contributed by atoms with E-state index < -0.39 is 0 Å². The van der Waals surface area contributed by atoms with Gasteiger partial charge in [-0.3, -0.25) is 0 Å². The fourth-order valence-corrected chi connectivity index (χ4v) is 3.07. The second-order valence-electron chi connectivity index (χ2n) is 4.90. The zero-order chi connectivity index (χ0) is 14.8. The first kappa shape index (κ1) is 13.9. The number of aryl methyl sites for hydroxylation is 2. The van der Waals surface area contributed by atoms with E-state index in [2.05, 4.69) is 28.3 Å². The highest BCUT2D eigenvalue weighted by Gasteiger charge is 2.09. The van der Waals surface area contributed by atoms with Crippen LogP contribution in [0.25, 0.3) is 10.2 Å². The fourth-order valence-electron chi connectivity index (χ4n) is 2.17. The number of benzene rings is 1. The molecule has 0 saturated heterocycles. The molecular formula is C16H16FN3S. The molecule has 0 saturated carbocycles. The Kier molecular flexibility index (Phi) is 3.84. The maximum Gasteiger partial charge on any atom is 0.138 e. The topological polar surface area (TPSA) is 37.8 Å². The number of halogens is 1. The summed E-state index contributed by atoms with van der Waals surface area (Å²) in [5.74, 6) is 1.47. The van der Waals surface area contributed by atoms with E-state index in [0.717, 1.165) is 33.8 Å². The zero-order valence-electron chi connectivity index (χ0n) is 12.0. The second kappa shape index (κ2) is 5.77. The average Bonchev–Trinajstić information content (AvgIpc) is 2.86. The van der Waals surface area contributed by atoms with Gasteiger partial charge in [0, 0.05) is 17.8 Å². The molecule has 0 radical (unpaired) electrons. The van der Waals surface area contributed by atoms with E-state index in [1.807, 2.05) is 6.92 Å². The number of aromatic nitrogens is 2. The highest BCUT2D eigenvalue weighted by Crippen LogP contribution is 2.28. The van der Waals surface area contributed by atoms with Crippen LogP contribution in [0.3, 0.4) is 0 Å². The van der Waals surface area contributed by atoms with Crippen LogP contribution in [0.1, 0.15) is 23.2 Å². The summed E-state index contributed by atoms with van der Waals surface area (Å²) in [6.45, 7) is 4.73. The van der Waals surface area contributed by atoms with Gasteiger partial charge in [-0.25, -0.2) is 14.4 Å². The van der Waals surface area contributed by atoms with Gasteiger partial charge in [-0.2, -0.15) is 0 Å². The van der Waals surface area contributed by atoms with Gasteiger partial charge < -0.3 is 5.32 Å². The molecule has 1 aromatic carbocycles. The number of hydrogen-bond acceptors (Lipinski definition) is 4. The molecular weight excluding hydrogens is 285 g/mol. The standard InChI is InChI=1S/C16H16FN3S/c1-3-14-19-15(13-8-10(2)21-16(13)20-14)18-9-11-4-6-12(17)7-5-11/h4-8H,3,9H2,1-2H3,(H,18,19,20). The quantitative estimate of drug-likeness (QED) is 0.780. The Morgan fingerprint density at radius 2 is 1.95 bits per heavy atom. The molecule has 108 valence electrons. The maximum atomic E-state index is 12.9. The van der Waals surface area contributed by atoms with Crippen LogP contribution in [0.5, 0.6) is 0 Å². The molecule has 0 unspecified atom stereocenters. The zero-order valence-corrected chi connectivity index (χ0v) is 12.8. The van der Waals surface area contributed by atoms with E-state index in [-0.39, 0.29) is 5.82 Å². The number of hydrogen-bond donors (Lipinski definition) is 1. The summed E-state index contributed by atoms with van der Waals surface area (Å²) < 4.78 is 12.9. The summed E-state index contributed by atoms with van der Waals surface area (Å²) in [6, 6.07) is 8.60. The Morgan fingerprint density at radius 1 is 1.19 bits per heavy atom. The molecule has 1 N–H and O–H groups in total. The fraction of sp³-hybridized carbons (Fsp3) is 0.250. The largest absolute Gasteiger partial charge is 0.365 e. The van der Waals surface area contributed by atoms with Crippen molar-refractivity contribution in [3.05, 3.63) is 52.4 Å². The average molecular weight is 301 g/mol. The highest BCUT2D eigenvalue weighted by molar-refractivity contribution is 7.18. The Balaban J connectivity index is 1.90. The molecule has 0 atom stereocenters. The monoisotopic (exact) mass is 301 g/mol. The van der Waals surface area contributed by atoms with Crippen molar-refractivity contribution in [2.45, 2.75) is 26.8 Å². The number of anilines is 1. The SMILES string of the molecule is CCc1nc(NCc2ccc(F)cc2)c2cc(C)sc2n1. The van der Waals surface area contributed by atoms with Crippen LogP contribution < -0.4 is 5.32 Å². The van der Waals surface area contributed by atoms with Crippen LogP contribution in [0.2, 0.25) is 0 Å². The van der Waals surface area contributed by atoms with Gasteiger partial charge in [0.15, 0.2) is 0 Å². The van der Waals surface area contributed by atoms with E-state index in [0.29, 0.717) is 6.54 Å². The lowest BCUT2D eigenvalue weighted by molar-refractivity contribution is 0.627. The van der Waals surface area contributed by atoms with Gasteiger partial charge in [-0.05, 0) is 30.7 Å². The van der Waals surface area contributed by atoms with Crippen molar-refractivity contribution in [1.82, 2.24) is 9.97 Å². The van der Waals surface area contributed by atoms with Crippen LogP contribution >= 0.6 is 11.3 Å². The molecule has 0 bridgehead atoms. The molecule has 0 aliphatic rings. The van der Waals surface area contributed by atoms with Crippen molar-refractivity contribution in [2.24, 2.45) is 0 Å². The maximum absolute atomic E-state index is 12.9. The molecule has 3 rings (SSSR count). The number of thiophene rings is 1. The molecule has 21 heavy (non-hydrogen) atoms. The lowest BCUT2D eigenvalue weighted by Crippen LogP contribution is -2.04. The summed E-state index contributed by atoms with van der Waals surface area (Å²) in [4.78, 5) is 11.4. The summed E-state index contributed by atoms with van der Waals surface area (Å²) in [5, 5.41) is 4.40. The number of nitrogens with one attached hydrogen (secondary N) is 1. The Bertz CT molecular complexity index is 765. The molecule has 3 nitrogen and oxygen atoms in total. The minimum Gasteiger partial charge on any atom is -0.365 e. The first-order valence-electron chi connectivity index (χ1n) is 6.91. The van der Waals surface area contributed by atoms with Crippen LogP contribution in [0.4, 0.5) is 10.2 Å². The molecule has 0 aliphatic carbocycles. The minimum absolute atomic E-state index is 0.218. The van der Waals surface area contributed by atoms with Gasteiger partial charge in [0.05, 0.1) is 5.39 Å². The molecule has 2 aromatic heterocycles. The van der Waals surface area contributed by atoms with Gasteiger partial charge >= 0.3 is 0 Å².